The molecule has 0 radical (unpaired) electrons. The summed E-state index contributed by atoms with van der Waals surface area (Å²) in [5, 5.41) is 13.4. The number of nitrogens with zero attached hydrogens (tertiary/aromatic N) is 1. The SMILES string of the molecule is O=C1CCC(O)N1Cc1ccsc1. The van der Waals surface area contributed by atoms with Crippen molar-refractivity contribution >= 4 is 17.2 Å². The molecule has 13 heavy (non-hydrogen) atoms. The van der Waals surface area contributed by atoms with E-state index in [0.717, 1.165) is 5.56 Å². The van der Waals surface area contributed by atoms with E-state index in [4.69, 9.17) is 0 Å². The molecule has 1 aliphatic heterocycles. The van der Waals surface area contributed by atoms with Crippen molar-refractivity contribution in [3.05, 3.63) is 22.4 Å². The summed E-state index contributed by atoms with van der Waals surface area (Å²) in [4.78, 5) is 12.8. The van der Waals surface area contributed by atoms with E-state index in [0.29, 0.717) is 19.4 Å². The maximum atomic E-state index is 11.3. The van der Waals surface area contributed by atoms with Gasteiger partial charge in [-0.1, -0.05) is 0 Å². The molecule has 1 aromatic rings. The summed E-state index contributed by atoms with van der Waals surface area (Å²) < 4.78 is 0. The molecule has 1 amide bonds. The normalized spacial score (nSPS) is 22.7. The molecule has 2 heterocycles. The number of aliphatic hydroxyl groups excluding tert-OH is 1. The highest BCUT2D eigenvalue weighted by Gasteiger charge is 2.28. The van der Waals surface area contributed by atoms with Crippen LogP contribution in [0.25, 0.3) is 0 Å². The Kier molecular flexibility index (Phi) is 2.33. The predicted octanol–water partition coefficient (Wildman–Crippen LogP) is 1.19. The second-order valence-electron chi connectivity index (χ2n) is 3.17. The third kappa shape index (κ3) is 1.73. The van der Waals surface area contributed by atoms with E-state index >= 15 is 0 Å². The minimum atomic E-state index is -0.576. The van der Waals surface area contributed by atoms with Crippen molar-refractivity contribution < 1.29 is 9.90 Å². The fourth-order valence-corrected chi connectivity index (χ4v) is 2.15. The van der Waals surface area contributed by atoms with E-state index < -0.39 is 6.23 Å². The van der Waals surface area contributed by atoms with Crippen LogP contribution < -0.4 is 0 Å². The van der Waals surface area contributed by atoms with Gasteiger partial charge in [0.05, 0.1) is 0 Å². The number of carbonyl (C=O) groups is 1. The zero-order chi connectivity index (χ0) is 9.26. The highest BCUT2D eigenvalue weighted by molar-refractivity contribution is 7.07. The van der Waals surface area contributed by atoms with Crippen LogP contribution in [0.15, 0.2) is 16.8 Å². The molecule has 3 nitrogen and oxygen atoms in total. The first-order chi connectivity index (χ1) is 6.27. The summed E-state index contributed by atoms with van der Waals surface area (Å²) in [6.07, 6.45) is 0.473. The fourth-order valence-electron chi connectivity index (χ4n) is 1.49. The van der Waals surface area contributed by atoms with Crippen molar-refractivity contribution in [3.8, 4) is 0 Å². The van der Waals surface area contributed by atoms with Crippen LogP contribution in [-0.4, -0.2) is 22.1 Å². The topological polar surface area (TPSA) is 40.5 Å². The third-order valence-corrected chi connectivity index (χ3v) is 2.96. The number of hydrogen-bond donors (Lipinski definition) is 1. The van der Waals surface area contributed by atoms with Gasteiger partial charge in [-0.3, -0.25) is 4.79 Å². The maximum Gasteiger partial charge on any atom is 0.225 e. The molecule has 70 valence electrons. The van der Waals surface area contributed by atoms with Crippen molar-refractivity contribution in [2.24, 2.45) is 0 Å². The number of aliphatic hydroxyl groups is 1. The Bertz CT molecular complexity index is 297. The van der Waals surface area contributed by atoms with Crippen LogP contribution in [0.1, 0.15) is 18.4 Å². The average Bonchev–Trinajstić information content (AvgIpc) is 2.70. The smallest absolute Gasteiger partial charge is 0.225 e. The molecule has 2 rings (SSSR count). The molecule has 1 aromatic heterocycles. The summed E-state index contributed by atoms with van der Waals surface area (Å²) in [5.74, 6) is 0.0544. The summed E-state index contributed by atoms with van der Waals surface area (Å²) in [5.41, 5.74) is 1.10. The Hall–Kier alpha value is -0.870. The van der Waals surface area contributed by atoms with Gasteiger partial charge in [-0.15, -0.1) is 0 Å². The number of amides is 1. The van der Waals surface area contributed by atoms with E-state index in [1.807, 2.05) is 16.8 Å². The molecule has 0 spiro atoms. The first kappa shape index (κ1) is 8.72. The summed E-state index contributed by atoms with van der Waals surface area (Å²) >= 11 is 1.61. The Morgan fingerprint density at radius 3 is 3.08 bits per heavy atom. The zero-order valence-electron chi connectivity index (χ0n) is 7.14. The monoisotopic (exact) mass is 197 g/mol. The van der Waals surface area contributed by atoms with Gasteiger partial charge in [0.25, 0.3) is 0 Å². The quantitative estimate of drug-likeness (QED) is 0.773. The average molecular weight is 197 g/mol. The first-order valence-electron chi connectivity index (χ1n) is 4.26. The number of thiophene rings is 1. The molecular formula is C9H11NO2S. The molecular weight excluding hydrogens is 186 g/mol. The van der Waals surface area contributed by atoms with Gasteiger partial charge in [-0.25, -0.2) is 0 Å². The Morgan fingerprint density at radius 2 is 2.54 bits per heavy atom. The standard InChI is InChI=1S/C9H11NO2S/c11-8-1-2-9(12)10(8)5-7-3-4-13-6-7/h3-4,6,8,11H,1-2,5H2. The molecule has 1 aliphatic rings. The van der Waals surface area contributed by atoms with Crippen LogP contribution in [0.3, 0.4) is 0 Å². The highest BCUT2D eigenvalue weighted by Crippen LogP contribution is 2.20. The molecule has 1 atom stereocenters. The number of carbonyl (C=O) groups excluding carboxylic acids is 1. The van der Waals surface area contributed by atoms with Crippen LogP contribution >= 0.6 is 11.3 Å². The van der Waals surface area contributed by atoms with E-state index in [9.17, 15) is 9.90 Å². The van der Waals surface area contributed by atoms with E-state index in [-0.39, 0.29) is 5.91 Å². The van der Waals surface area contributed by atoms with Crippen molar-refractivity contribution in [2.75, 3.05) is 0 Å². The van der Waals surface area contributed by atoms with E-state index in [1.165, 1.54) is 4.90 Å². The molecule has 1 N–H and O–H groups in total. The van der Waals surface area contributed by atoms with Crippen molar-refractivity contribution in [1.82, 2.24) is 4.90 Å². The van der Waals surface area contributed by atoms with Gasteiger partial charge in [0.1, 0.15) is 6.23 Å². The van der Waals surface area contributed by atoms with E-state index in [2.05, 4.69) is 0 Å². The molecule has 0 aliphatic carbocycles. The lowest BCUT2D eigenvalue weighted by molar-refractivity contribution is -0.133. The number of rotatable bonds is 2. The molecule has 4 heteroatoms. The minimum absolute atomic E-state index is 0.0544. The molecule has 1 fully saturated rings. The molecule has 0 bridgehead atoms. The van der Waals surface area contributed by atoms with Gasteiger partial charge < -0.3 is 10.0 Å². The van der Waals surface area contributed by atoms with Gasteiger partial charge >= 0.3 is 0 Å². The number of hydrogen-bond acceptors (Lipinski definition) is 3. The van der Waals surface area contributed by atoms with Crippen LogP contribution in [0.4, 0.5) is 0 Å². The van der Waals surface area contributed by atoms with Crippen molar-refractivity contribution in [3.63, 3.8) is 0 Å². The largest absolute Gasteiger partial charge is 0.373 e. The Morgan fingerprint density at radius 1 is 1.69 bits per heavy atom. The van der Waals surface area contributed by atoms with Gasteiger partial charge in [0, 0.05) is 19.4 Å². The zero-order valence-corrected chi connectivity index (χ0v) is 7.96. The second kappa shape index (κ2) is 3.47. The lowest BCUT2D eigenvalue weighted by Crippen LogP contribution is -2.31. The van der Waals surface area contributed by atoms with Gasteiger partial charge in [0.2, 0.25) is 5.91 Å². The molecule has 1 unspecified atom stereocenters. The molecule has 0 saturated carbocycles. The highest BCUT2D eigenvalue weighted by atomic mass is 32.1. The van der Waals surface area contributed by atoms with Gasteiger partial charge in [0.15, 0.2) is 0 Å². The van der Waals surface area contributed by atoms with Crippen LogP contribution in [-0.2, 0) is 11.3 Å². The van der Waals surface area contributed by atoms with E-state index in [1.54, 1.807) is 11.3 Å². The minimum Gasteiger partial charge on any atom is -0.373 e. The van der Waals surface area contributed by atoms with Crippen LogP contribution in [0, 0.1) is 0 Å². The van der Waals surface area contributed by atoms with Crippen molar-refractivity contribution in [1.29, 1.82) is 0 Å². The summed E-state index contributed by atoms with van der Waals surface area (Å²) in [7, 11) is 0. The second-order valence-corrected chi connectivity index (χ2v) is 3.95. The first-order valence-corrected chi connectivity index (χ1v) is 5.20. The predicted molar refractivity (Wildman–Crippen MR) is 50.1 cm³/mol. The number of likely N-dealkylation sites (tertiary alicyclic amines) is 1. The van der Waals surface area contributed by atoms with Gasteiger partial charge in [-0.2, -0.15) is 11.3 Å². The molecule has 1 saturated heterocycles. The molecule has 0 aromatic carbocycles. The lowest BCUT2D eigenvalue weighted by Gasteiger charge is -2.19. The Balaban J connectivity index is 2.05. The van der Waals surface area contributed by atoms with Gasteiger partial charge in [-0.05, 0) is 22.4 Å². The summed E-state index contributed by atoms with van der Waals surface area (Å²) in [6.45, 7) is 0.545. The van der Waals surface area contributed by atoms with Crippen molar-refractivity contribution in [2.45, 2.75) is 25.6 Å². The summed E-state index contributed by atoms with van der Waals surface area (Å²) in [6, 6.07) is 1.98. The van der Waals surface area contributed by atoms with Crippen LogP contribution in [0.5, 0.6) is 0 Å². The third-order valence-electron chi connectivity index (χ3n) is 2.23. The lowest BCUT2D eigenvalue weighted by atomic mass is 10.3. The van der Waals surface area contributed by atoms with Crippen LogP contribution in [0.2, 0.25) is 0 Å². The Labute approximate surface area is 80.6 Å². The maximum absolute atomic E-state index is 11.3. The fraction of sp³-hybridized carbons (Fsp3) is 0.444.